The third-order valence-corrected chi connectivity index (χ3v) is 3.89. The molecule has 128 valence electrons. The molecule has 1 aromatic carbocycles. The first-order valence-electron chi connectivity index (χ1n) is 8.28. The van der Waals surface area contributed by atoms with Gasteiger partial charge in [-0.1, -0.05) is 12.1 Å². The Labute approximate surface area is 146 Å². The van der Waals surface area contributed by atoms with Gasteiger partial charge in [0.2, 0.25) is 0 Å². The number of nitrogens with zero attached hydrogens (tertiary/aromatic N) is 3. The number of carbonyl (C=O) groups is 1. The van der Waals surface area contributed by atoms with Crippen LogP contribution in [0.1, 0.15) is 35.8 Å². The summed E-state index contributed by atoms with van der Waals surface area (Å²) < 4.78 is 1.82. The van der Waals surface area contributed by atoms with Crippen LogP contribution in [0.15, 0.2) is 61.1 Å². The molecule has 3 aromatic rings. The van der Waals surface area contributed by atoms with Crippen molar-refractivity contribution in [1.29, 1.82) is 0 Å². The number of pyridine rings is 1. The first kappa shape index (κ1) is 16.7. The Bertz CT molecular complexity index is 810. The molecular formula is C19H21N5O. The minimum Gasteiger partial charge on any atom is -0.364 e. The van der Waals surface area contributed by atoms with Crippen LogP contribution in [0, 0.1) is 0 Å². The Morgan fingerprint density at radius 1 is 1.20 bits per heavy atom. The molecule has 6 heteroatoms. The summed E-state index contributed by atoms with van der Waals surface area (Å²) in [6, 6.07) is 13.8. The summed E-state index contributed by atoms with van der Waals surface area (Å²) in [5, 5.41) is 10.3. The predicted octanol–water partition coefficient (Wildman–Crippen LogP) is 3.19. The van der Waals surface area contributed by atoms with Crippen LogP contribution in [-0.2, 0) is 0 Å². The number of hydrogen-bond acceptors (Lipinski definition) is 4. The molecule has 0 radical (unpaired) electrons. The molecule has 2 N–H and O–H groups in total. The summed E-state index contributed by atoms with van der Waals surface area (Å²) in [6.07, 6.45) is 5.26. The first-order valence-corrected chi connectivity index (χ1v) is 8.28. The number of benzene rings is 1. The molecule has 6 nitrogen and oxygen atoms in total. The zero-order valence-corrected chi connectivity index (χ0v) is 14.3. The van der Waals surface area contributed by atoms with Gasteiger partial charge in [-0.15, -0.1) is 0 Å². The molecule has 0 spiro atoms. The molecule has 25 heavy (non-hydrogen) atoms. The number of aromatic nitrogens is 3. The van der Waals surface area contributed by atoms with Crippen molar-refractivity contribution in [3.05, 3.63) is 72.2 Å². The van der Waals surface area contributed by atoms with Crippen LogP contribution in [0.3, 0.4) is 0 Å². The molecule has 3 rings (SSSR count). The van der Waals surface area contributed by atoms with Crippen molar-refractivity contribution < 1.29 is 4.79 Å². The summed E-state index contributed by atoms with van der Waals surface area (Å²) in [7, 11) is 0. The van der Waals surface area contributed by atoms with E-state index in [0.29, 0.717) is 12.1 Å². The molecule has 1 amide bonds. The topological polar surface area (TPSA) is 71.8 Å². The van der Waals surface area contributed by atoms with E-state index in [4.69, 9.17) is 0 Å². The van der Waals surface area contributed by atoms with E-state index in [9.17, 15) is 4.79 Å². The van der Waals surface area contributed by atoms with Crippen molar-refractivity contribution in [2.24, 2.45) is 0 Å². The standard InChI is InChI=1S/C19H21N5O/c1-3-20-19(25)16-7-10-18(21-13-16)23-14(2)15-5-8-17(9-6-15)24-12-4-11-22-24/h4-14H,3H2,1-2H3,(H,20,25)(H,21,23). The fourth-order valence-electron chi connectivity index (χ4n) is 2.52. The van der Waals surface area contributed by atoms with Crippen LogP contribution >= 0.6 is 0 Å². The van der Waals surface area contributed by atoms with Gasteiger partial charge < -0.3 is 10.6 Å². The normalized spacial score (nSPS) is 11.8. The lowest BCUT2D eigenvalue weighted by atomic mass is 10.1. The molecule has 0 bridgehead atoms. The van der Waals surface area contributed by atoms with Gasteiger partial charge in [-0.25, -0.2) is 9.67 Å². The summed E-state index contributed by atoms with van der Waals surface area (Å²) in [6.45, 7) is 4.56. The van der Waals surface area contributed by atoms with Crippen LogP contribution in [0.5, 0.6) is 0 Å². The van der Waals surface area contributed by atoms with Crippen LogP contribution in [0.2, 0.25) is 0 Å². The SMILES string of the molecule is CCNC(=O)c1ccc(NC(C)c2ccc(-n3cccn3)cc2)nc1. The summed E-state index contributed by atoms with van der Waals surface area (Å²) >= 11 is 0. The Morgan fingerprint density at radius 3 is 2.60 bits per heavy atom. The number of anilines is 1. The lowest BCUT2D eigenvalue weighted by molar-refractivity contribution is 0.0955. The third-order valence-electron chi connectivity index (χ3n) is 3.89. The second-order valence-corrected chi connectivity index (χ2v) is 5.70. The molecule has 0 saturated carbocycles. The summed E-state index contributed by atoms with van der Waals surface area (Å²) in [5.41, 5.74) is 2.72. The maximum Gasteiger partial charge on any atom is 0.252 e. The van der Waals surface area contributed by atoms with Gasteiger partial charge in [0, 0.05) is 31.2 Å². The van der Waals surface area contributed by atoms with Crippen LogP contribution < -0.4 is 10.6 Å². The minimum atomic E-state index is -0.108. The molecule has 0 saturated heterocycles. The van der Waals surface area contributed by atoms with Crippen LogP contribution in [-0.4, -0.2) is 27.2 Å². The van der Waals surface area contributed by atoms with Crippen molar-refractivity contribution in [1.82, 2.24) is 20.1 Å². The number of rotatable bonds is 6. The number of nitrogens with one attached hydrogen (secondary N) is 2. The second kappa shape index (κ2) is 7.61. The first-order chi connectivity index (χ1) is 12.2. The van der Waals surface area contributed by atoms with E-state index in [1.807, 2.05) is 42.1 Å². The molecule has 2 aromatic heterocycles. The second-order valence-electron chi connectivity index (χ2n) is 5.70. The highest BCUT2D eigenvalue weighted by molar-refractivity contribution is 5.93. The van der Waals surface area contributed by atoms with E-state index in [1.165, 1.54) is 0 Å². The van der Waals surface area contributed by atoms with E-state index < -0.39 is 0 Å². The van der Waals surface area contributed by atoms with Gasteiger partial charge in [0.15, 0.2) is 0 Å². The van der Waals surface area contributed by atoms with Gasteiger partial charge in [0.1, 0.15) is 5.82 Å². The van der Waals surface area contributed by atoms with Crippen molar-refractivity contribution >= 4 is 11.7 Å². The average molecular weight is 335 g/mol. The van der Waals surface area contributed by atoms with E-state index in [1.54, 1.807) is 18.5 Å². The number of carbonyl (C=O) groups excluding carboxylic acids is 1. The van der Waals surface area contributed by atoms with E-state index in [-0.39, 0.29) is 11.9 Å². The maximum atomic E-state index is 11.8. The van der Waals surface area contributed by atoms with E-state index in [2.05, 4.69) is 39.8 Å². The molecule has 0 aliphatic carbocycles. The maximum absolute atomic E-state index is 11.8. The predicted molar refractivity (Wildman–Crippen MR) is 97.8 cm³/mol. The highest BCUT2D eigenvalue weighted by Crippen LogP contribution is 2.19. The van der Waals surface area contributed by atoms with Gasteiger partial charge >= 0.3 is 0 Å². The monoisotopic (exact) mass is 335 g/mol. The third kappa shape index (κ3) is 4.03. The van der Waals surface area contributed by atoms with Crippen LogP contribution in [0.25, 0.3) is 5.69 Å². The zero-order valence-electron chi connectivity index (χ0n) is 14.3. The lowest BCUT2D eigenvalue weighted by Crippen LogP contribution is -2.22. The molecular weight excluding hydrogens is 314 g/mol. The van der Waals surface area contributed by atoms with Gasteiger partial charge in [0.05, 0.1) is 11.3 Å². The van der Waals surface area contributed by atoms with Crippen molar-refractivity contribution in [3.8, 4) is 5.69 Å². The van der Waals surface area contributed by atoms with Gasteiger partial charge in [-0.05, 0) is 49.7 Å². The highest BCUT2D eigenvalue weighted by Gasteiger charge is 2.08. The Morgan fingerprint density at radius 2 is 2.00 bits per heavy atom. The van der Waals surface area contributed by atoms with Gasteiger partial charge in [0.25, 0.3) is 5.91 Å². The highest BCUT2D eigenvalue weighted by atomic mass is 16.1. The molecule has 2 heterocycles. The summed E-state index contributed by atoms with van der Waals surface area (Å²) in [5.74, 6) is 0.625. The van der Waals surface area contributed by atoms with E-state index >= 15 is 0 Å². The van der Waals surface area contributed by atoms with E-state index in [0.717, 1.165) is 17.1 Å². The van der Waals surface area contributed by atoms with Crippen molar-refractivity contribution in [2.45, 2.75) is 19.9 Å². The molecule has 0 aliphatic rings. The fraction of sp³-hybridized carbons (Fsp3) is 0.211. The fourth-order valence-corrected chi connectivity index (χ4v) is 2.52. The van der Waals surface area contributed by atoms with Gasteiger partial charge in [-0.2, -0.15) is 5.10 Å². The Kier molecular flexibility index (Phi) is 5.09. The van der Waals surface area contributed by atoms with Crippen molar-refractivity contribution in [2.75, 3.05) is 11.9 Å². The van der Waals surface area contributed by atoms with Gasteiger partial charge in [-0.3, -0.25) is 4.79 Å². The number of hydrogen-bond donors (Lipinski definition) is 2. The summed E-state index contributed by atoms with van der Waals surface area (Å²) in [4.78, 5) is 16.1. The molecule has 0 aliphatic heterocycles. The molecule has 1 unspecified atom stereocenters. The lowest BCUT2D eigenvalue weighted by Gasteiger charge is -2.15. The molecule has 1 atom stereocenters. The average Bonchev–Trinajstić information content (AvgIpc) is 3.17. The van der Waals surface area contributed by atoms with Crippen LogP contribution in [0.4, 0.5) is 5.82 Å². The van der Waals surface area contributed by atoms with Crippen molar-refractivity contribution in [3.63, 3.8) is 0 Å². The Balaban J connectivity index is 1.65. The zero-order chi connectivity index (χ0) is 17.6. The Hall–Kier alpha value is -3.15. The largest absolute Gasteiger partial charge is 0.364 e. The minimum absolute atomic E-state index is 0.0921. The molecule has 0 fully saturated rings. The smallest absolute Gasteiger partial charge is 0.252 e. The number of amides is 1. The quantitative estimate of drug-likeness (QED) is 0.726.